The average molecular weight is 226 g/mol. The molecule has 0 radical (unpaired) electrons. The van der Waals surface area contributed by atoms with Crippen LogP contribution < -0.4 is 5.32 Å². The van der Waals surface area contributed by atoms with Crippen LogP contribution in [-0.2, 0) is 4.74 Å². The molecular weight excluding hydrogens is 200 g/mol. The highest BCUT2D eigenvalue weighted by Gasteiger charge is 2.18. The first-order valence-electron chi connectivity index (χ1n) is 6.84. The van der Waals surface area contributed by atoms with Gasteiger partial charge in [0.15, 0.2) is 0 Å². The lowest BCUT2D eigenvalue weighted by atomic mass is 10.0. The molecule has 1 N–H and O–H groups in total. The van der Waals surface area contributed by atoms with Gasteiger partial charge in [-0.25, -0.2) is 0 Å². The van der Waals surface area contributed by atoms with Crippen molar-refractivity contribution in [2.45, 2.75) is 38.1 Å². The summed E-state index contributed by atoms with van der Waals surface area (Å²) in [5, 5.41) is 3.56. The largest absolute Gasteiger partial charge is 0.381 e. The maximum Gasteiger partial charge on any atom is 0.0506 e. The van der Waals surface area contributed by atoms with Crippen molar-refractivity contribution in [3.63, 3.8) is 0 Å². The molecule has 2 unspecified atom stereocenters. The summed E-state index contributed by atoms with van der Waals surface area (Å²) in [6, 6.07) is 0.782. The lowest BCUT2D eigenvalue weighted by Gasteiger charge is -2.27. The number of ether oxygens (including phenoxy) is 1. The second kappa shape index (κ2) is 6.58. The van der Waals surface area contributed by atoms with Crippen molar-refractivity contribution in [1.82, 2.24) is 10.2 Å². The van der Waals surface area contributed by atoms with Gasteiger partial charge in [-0.05, 0) is 58.2 Å². The van der Waals surface area contributed by atoms with E-state index in [1.165, 1.54) is 51.7 Å². The first kappa shape index (κ1) is 12.3. The summed E-state index contributed by atoms with van der Waals surface area (Å²) in [6.07, 6.45) is 6.66. The topological polar surface area (TPSA) is 24.5 Å². The molecule has 0 saturated carbocycles. The first-order chi connectivity index (χ1) is 7.84. The summed E-state index contributed by atoms with van der Waals surface area (Å²) in [4.78, 5) is 2.49. The smallest absolute Gasteiger partial charge is 0.0506 e. The summed E-state index contributed by atoms with van der Waals surface area (Å²) in [5.74, 6) is 0.773. The van der Waals surface area contributed by atoms with Gasteiger partial charge in [-0.15, -0.1) is 0 Å². The van der Waals surface area contributed by atoms with Crippen LogP contribution in [0.15, 0.2) is 0 Å². The van der Waals surface area contributed by atoms with Crippen LogP contribution in [0.4, 0.5) is 0 Å². The van der Waals surface area contributed by atoms with Crippen molar-refractivity contribution in [2.75, 3.05) is 39.9 Å². The Morgan fingerprint density at radius 1 is 1.31 bits per heavy atom. The third-order valence-electron chi connectivity index (χ3n) is 3.85. The second-order valence-corrected chi connectivity index (χ2v) is 5.43. The second-order valence-electron chi connectivity index (χ2n) is 5.43. The lowest BCUT2D eigenvalue weighted by Crippen LogP contribution is -2.34. The van der Waals surface area contributed by atoms with Crippen LogP contribution in [0, 0.1) is 5.92 Å². The Bertz CT molecular complexity index is 186. The Morgan fingerprint density at radius 2 is 2.25 bits per heavy atom. The number of nitrogens with zero attached hydrogens (tertiary/aromatic N) is 1. The highest BCUT2D eigenvalue weighted by molar-refractivity contribution is 4.75. The lowest BCUT2D eigenvalue weighted by molar-refractivity contribution is 0.0417. The van der Waals surface area contributed by atoms with Crippen molar-refractivity contribution < 1.29 is 4.74 Å². The zero-order chi connectivity index (χ0) is 11.2. The van der Waals surface area contributed by atoms with Crippen LogP contribution in [0.5, 0.6) is 0 Å². The van der Waals surface area contributed by atoms with Gasteiger partial charge in [-0.1, -0.05) is 0 Å². The van der Waals surface area contributed by atoms with Gasteiger partial charge in [-0.3, -0.25) is 0 Å². The van der Waals surface area contributed by atoms with Crippen molar-refractivity contribution in [3.05, 3.63) is 0 Å². The van der Waals surface area contributed by atoms with E-state index < -0.39 is 0 Å². The standard InChI is InChI=1S/C13H26N2O/c1-15(8-6-13-5-2-7-14-13)10-12-4-3-9-16-11-12/h12-14H,2-11H2,1H3. The predicted octanol–water partition coefficient (Wildman–Crippen LogP) is 1.49. The van der Waals surface area contributed by atoms with E-state index in [0.29, 0.717) is 0 Å². The molecule has 2 heterocycles. The summed E-state index contributed by atoms with van der Waals surface area (Å²) in [5.41, 5.74) is 0. The molecule has 2 rings (SSSR count). The third-order valence-corrected chi connectivity index (χ3v) is 3.85. The van der Waals surface area contributed by atoms with Crippen LogP contribution in [0.25, 0.3) is 0 Å². The minimum atomic E-state index is 0.773. The molecule has 16 heavy (non-hydrogen) atoms. The Kier molecular flexibility index (Phi) is 5.07. The van der Waals surface area contributed by atoms with Crippen LogP contribution in [-0.4, -0.2) is 50.8 Å². The van der Waals surface area contributed by atoms with Crippen LogP contribution in [0.2, 0.25) is 0 Å². The molecule has 3 heteroatoms. The fourth-order valence-electron chi connectivity index (χ4n) is 2.86. The van der Waals surface area contributed by atoms with Crippen molar-refractivity contribution in [2.24, 2.45) is 5.92 Å². The zero-order valence-electron chi connectivity index (χ0n) is 10.6. The quantitative estimate of drug-likeness (QED) is 0.768. The normalized spacial score (nSPS) is 31.1. The molecule has 0 aromatic rings. The Hall–Kier alpha value is -0.120. The first-order valence-corrected chi connectivity index (χ1v) is 6.84. The van der Waals surface area contributed by atoms with Gasteiger partial charge < -0.3 is 15.0 Å². The van der Waals surface area contributed by atoms with Crippen molar-refractivity contribution in [1.29, 1.82) is 0 Å². The van der Waals surface area contributed by atoms with Gasteiger partial charge in [-0.2, -0.15) is 0 Å². The summed E-state index contributed by atoms with van der Waals surface area (Å²) in [6.45, 7) is 5.63. The molecule has 3 nitrogen and oxygen atoms in total. The molecule has 2 aliphatic heterocycles. The number of hydrogen-bond acceptors (Lipinski definition) is 3. The minimum Gasteiger partial charge on any atom is -0.381 e. The average Bonchev–Trinajstić information content (AvgIpc) is 2.81. The molecule has 0 aromatic carbocycles. The van der Waals surface area contributed by atoms with Gasteiger partial charge in [0.2, 0.25) is 0 Å². The molecule has 0 aliphatic carbocycles. The Balaban J connectivity index is 1.57. The van der Waals surface area contributed by atoms with Gasteiger partial charge in [0.05, 0.1) is 6.61 Å². The molecule has 0 bridgehead atoms. The zero-order valence-corrected chi connectivity index (χ0v) is 10.6. The number of hydrogen-bond donors (Lipinski definition) is 1. The third kappa shape index (κ3) is 4.04. The molecule has 2 atom stereocenters. The molecule has 2 fully saturated rings. The molecular formula is C13H26N2O. The molecule has 94 valence electrons. The van der Waals surface area contributed by atoms with E-state index in [1.54, 1.807) is 0 Å². The van der Waals surface area contributed by atoms with E-state index in [4.69, 9.17) is 4.74 Å². The van der Waals surface area contributed by atoms with Crippen molar-refractivity contribution >= 4 is 0 Å². The maximum absolute atomic E-state index is 5.52. The summed E-state index contributed by atoms with van der Waals surface area (Å²) < 4.78 is 5.52. The Morgan fingerprint density at radius 3 is 2.94 bits per heavy atom. The monoisotopic (exact) mass is 226 g/mol. The maximum atomic E-state index is 5.52. The molecule has 0 amide bonds. The number of nitrogens with one attached hydrogen (secondary N) is 1. The van der Waals surface area contributed by atoms with E-state index in [2.05, 4.69) is 17.3 Å². The molecule has 0 spiro atoms. The van der Waals surface area contributed by atoms with Gasteiger partial charge in [0.25, 0.3) is 0 Å². The SMILES string of the molecule is CN(CCC1CCCN1)CC1CCCOC1. The minimum absolute atomic E-state index is 0.773. The molecule has 2 aliphatic rings. The fraction of sp³-hybridized carbons (Fsp3) is 1.00. The predicted molar refractivity (Wildman–Crippen MR) is 66.7 cm³/mol. The van der Waals surface area contributed by atoms with E-state index >= 15 is 0 Å². The fourth-order valence-corrected chi connectivity index (χ4v) is 2.86. The van der Waals surface area contributed by atoms with E-state index in [9.17, 15) is 0 Å². The molecule has 0 aromatic heterocycles. The van der Waals surface area contributed by atoms with Crippen LogP contribution >= 0.6 is 0 Å². The van der Waals surface area contributed by atoms with E-state index in [-0.39, 0.29) is 0 Å². The summed E-state index contributed by atoms with van der Waals surface area (Å²) in [7, 11) is 2.25. The molecule has 2 saturated heterocycles. The van der Waals surface area contributed by atoms with Crippen LogP contribution in [0.1, 0.15) is 32.1 Å². The van der Waals surface area contributed by atoms with Gasteiger partial charge in [0.1, 0.15) is 0 Å². The Labute approximate surface area is 99.5 Å². The van der Waals surface area contributed by atoms with Crippen LogP contribution in [0.3, 0.4) is 0 Å². The van der Waals surface area contributed by atoms with Gasteiger partial charge in [0, 0.05) is 19.2 Å². The van der Waals surface area contributed by atoms with E-state index in [1.807, 2.05) is 0 Å². The number of rotatable bonds is 5. The highest BCUT2D eigenvalue weighted by atomic mass is 16.5. The van der Waals surface area contributed by atoms with Crippen molar-refractivity contribution in [3.8, 4) is 0 Å². The van der Waals surface area contributed by atoms with Gasteiger partial charge >= 0.3 is 0 Å². The van der Waals surface area contributed by atoms with E-state index in [0.717, 1.165) is 25.2 Å². The summed E-state index contributed by atoms with van der Waals surface area (Å²) >= 11 is 0. The highest BCUT2D eigenvalue weighted by Crippen LogP contribution is 2.15.